The molecule has 0 aliphatic carbocycles. The van der Waals surface area contributed by atoms with Crippen molar-refractivity contribution in [2.24, 2.45) is 0 Å². The molecule has 0 radical (unpaired) electrons. The molecule has 0 saturated carbocycles. The number of anilines is 1. The van der Waals surface area contributed by atoms with E-state index in [0.29, 0.717) is 6.04 Å². The van der Waals surface area contributed by atoms with E-state index in [9.17, 15) is 0 Å². The maximum absolute atomic E-state index is 5.25. The lowest BCUT2D eigenvalue weighted by Crippen LogP contribution is -2.56. The summed E-state index contributed by atoms with van der Waals surface area (Å²) < 4.78 is 5.25. The van der Waals surface area contributed by atoms with E-state index in [1.807, 2.05) is 13.0 Å². The minimum Gasteiger partial charge on any atom is -0.378 e. The summed E-state index contributed by atoms with van der Waals surface area (Å²) in [6.45, 7) is 8.30. The third-order valence-corrected chi connectivity index (χ3v) is 3.65. The minimum absolute atomic E-state index is 0.669. The second-order valence-corrected chi connectivity index (χ2v) is 4.85. The second-order valence-electron chi connectivity index (χ2n) is 4.85. The van der Waals surface area contributed by atoms with E-state index in [-0.39, 0.29) is 0 Å². The van der Waals surface area contributed by atoms with Gasteiger partial charge in [-0.15, -0.1) is 0 Å². The van der Waals surface area contributed by atoms with Crippen LogP contribution in [-0.2, 0) is 4.74 Å². The van der Waals surface area contributed by atoms with Crippen molar-refractivity contribution in [2.45, 2.75) is 13.0 Å². The van der Waals surface area contributed by atoms with Crippen LogP contribution < -0.4 is 4.90 Å². The molecule has 0 N–H and O–H groups in total. The molecular weight excluding hydrogens is 214 g/mol. The lowest BCUT2D eigenvalue weighted by Gasteiger charge is -2.42. The molecule has 2 saturated heterocycles. The zero-order valence-electron chi connectivity index (χ0n) is 10.3. The molecule has 3 rings (SSSR count). The predicted molar refractivity (Wildman–Crippen MR) is 67.4 cm³/mol. The van der Waals surface area contributed by atoms with E-state index < -0.39 is 0 Å². The van der Waals surface area contributed by atoms with Crippen LogP contribution in [0.1, 0.15) is 5.69 Å². The number of aromatic nitrogens is 1. The number of ether oxygens (including phenoxy) is 1. The molecule has 4 heteroatoms. The van der Waals surface area contributed by atoms with Gasteiger partial charge in [0.25, 0.3) is 0 Å². The first-order valence-corrected chi connectivity index (χ1v) is 6.33. The van der Waals surface area contributed by atoms with Crippen LogP contribution in [0.2, 0.25) is 0 Å². The van der Waals surface area contributed by atoms with Gasteiger partial charge in [0.15, 0.2) is 0 Å². The molecule has 0 unspecified atom stereocenters. The van der Waals surface area contributed by atoms with Crippen molar-refractivity contribution in [3.63, 3.8) is 0 Å². The Balaban J connectivity index is 1.60. The Morgan fingerprint density at radius 1 is 1.18 bits per heavy atom. The Morgan fingerprint density at radius 2 is 1.94 bits per heavy atom. The Bertz CT molecular complexity index is 384. The number of aryl methyl sites for hydroxylation is 1. The molecule has 17 heavy (non-hydrogen) atoms. The van der Waals surface area contributed by atoms with Crippen molar-refractivity contribution in [2.75, 3.05) is 44.3 Å². The summed E-state index contributed by atoms with van der Waals surface area (Å²) in [4.78, 5) is 9.50. The standard InChI is InChI=1S/C13H19N3O/c1-11-3-2-4-13(14-11)16-7-5-15(6-8-16)12-9-17-10-12/h2-4,12H,5-10H2,1H3. The lowest BCUT2D eigenvalue weighted by molar-refractivity contribution is -0.0661. The number of piperazine rings is 1. The summed E-state index contributed by atoms with van der Waals surface area (Å²) in [6.07, 6.45) is 0. The topological polar surface area (TPSA) is 28.6 Å². The van der Waals surface area contributed by atoms with Gasteiger partial charge in [-0.3, -0.25) is 4.90 Å². The summed E-state index contributed by atoms with van der Waals surface area (Å²) in [6, 6.07) is 6.91. The van der Waals surface area contributed by atoms with Crippen molar-refractivity contribution < 1.29 is 4.74 Å². The average Bonchev–Trinajstić information content (AvgIpc) is 2.28. The van der Waals surface area contributed by atoms with Gasteiger partial charge >= 0.3 is 0 Å². The molecule has 0 spiro atoms. The Hall–Kier alpha value is -1.13. The SMILES string of the molecule is Cc1cccc(N2CCN(C3COC3)CC2)n1. The lowest BCUT2D eigenvalue weighted by atomic mass is 10.2. The highest BCUT2D eigenvalue weighted by Crippen LogP contribution is 2.17. The van der Waals surface area contributed by atoms with Crippen LogP contribution in [0, 0.1) is 6.92 Å². The van der Waals surface area contributed by atoms with Crippen LogP contribution in [-0.4, -0.2) is 55.3 Å². The first-order valence-electron chi connectivity index (χ1n) is 6.33. The first kappa shape index (κ1) is 11.0. The van der Waals surface area contributed by atoms with E-state index in [0.717, 1.165) is 50.9 Å². The number of hydrogen-bond donors (Lipinski definition) is 0. The van der Waals surface area contributed by atoms with Crippen molar-refractivity contribution in [3.05, 3.63) is 23.9 Å². The van der Waals surface area contributed by atoms with Gasteiger partial charge in [0.1, 0.15) is 5.82 Å². The van der Waals surface area contributed by atoms with Crippen molar-refractivity contribution >= 4 is 5.82 Å². The van der Waals surface area contributed by atoms with Gasteiger partial charge < -0.3 is 9.64 Å². The number of rotatable bonds is 2. The molecule has 0 bridgehead atoms. The molecule has 2 aliphatic heterocycles. The molecule has 0 amide bonds. The normalized spacial score (nSPS) is 22.5. The van der Waals surface area contributed by atoms with Crippen LogP contribution >= 0.6 is 0 Å². The van der Waals surface area contributed by atoms with E-state index in [1.54, 1.807) is 0 Å². The summed E-state index contributed by atoms with van der Waals surface area (Å²) in [5.41, 5.74) is 1.09. The van der Waals surface area contributed by atoms with Gasteiger partial charge in [-0.1, -0.05) is 6.07 Å². The zero-order valence-corrected chi connectivity index (χ0v) is 10.3. The quantitative estimate of drug-likeness (QED) is 0.759. The van der Waals surface area contributed by atoms with E-state index >= 15 is 0 Å². The van der Waals surface area contributed by atoms with Gasteiger partial charge in [-0.25, -0.2) is 4.98 Å². The summed E-state index contributed by atoms with van der Waals surface area (Å²) >= 11 is 0. The van der Waals surface area contributed by atoms with Crippen molar-refractivity contribution in [1.29, 1.82) is 0 Å². The molecule has 2 aliphatic rings. The van der Waals surface area contributed by atoms with E-state index in [2.05, 4.69) is 26.9 Å². The fourth-order valence-corrected chi connectivity index (χ4v) is 2.46. The van der Waals surface area contributed by atoms with Gasteiger partial charge in [0.2, 0.25) is 0 Å². The molecule has 4 nitrogen and oxygen atoms in total. The highest BCUT2D eigenvalue weighted by atomic mass is 16.5. The fraction of sp³-hybridized carbons (Fsp3) is 0.615. The minimum atomic E-state index is 0.669. The van der Waals surface area contributed by atoms with Crippen LogP contribution in [0.25, 0.3) is 0 Å². The van der Waals surface area contributed by atoms with Gasteiger partial charge in [0, 0.05) is 31.9 Å². The first-order chi connectivity index (χ1) is 8.33. The number of hydrogen-bond acceptors (Lipinski definition) is 4. The maximum atomic E-state index is 5.25. The maximum Gasteiger partial charge on any atom is 0.128 e. The van der Waals surface area contributed by atoms with Gasteiger partial charge in [0.05, 0.1) is 19.3 Å². The Labute approximate surface area is 102 Å². The monoisotopic (exact) mass is 233 g/mol. The van der Waals surface area contributed by atoms with Gasteiger partial charge in [-0.2, -0.15) is 0 Å². The Morgan fingerprint density at radius 3 is 2.53 bits per heavy atom. The van der Waals surface area contributed by atoms with Crippen LogP contribution in [0.3, 0.4) is 0 Å². The zero-order chi connectivity index (χ0) is 11.7. The number of pyridine rings is 1. The van der Waals surface area contributed by atoms with Crippen molar-refractivity contribution in [3.8, 4) is 0 Å². The Kier molecular flexibility index (Phi) is 2.99. The van der Waals surface area contributed by atoms with E-state index in [4.69, 9.17) is 4.74 Å². The number of nitrogens with zero attached hydrogens (tertiary/aromatic N) is 3. The summed E-state index contributed by atoms with van der Waals surface area (Å²) in [5, 5.41) is 0. The van der Waals surface area contributed by atoms with Crippen molar-refractivity contribution in [1.82, 2.24) is 9.88 Å². The molecule has 3 heterocycles. The molecule has 0 aromatic carbocycles. The van der Waals surface area contributed by atoms with Crippen LogP contribution in [0.4, 0.5) is 5.82 Å². The highest BCUT2D eigenvalue weighted by molar-refractivity contribution is 5.39. The van der Waals surface area contributed by atoms with Crippen LogP contribution in [0.5, 0.6) is 0 Å². The third kappa shape index (κ3) is 2.28. The molecular formula is C13H19N3O. The van der Waals surface area contributed by atoms with E-state index in [1.165, 1.54) is 0 Å². The molecule has 92 valence electrons. The molecule has 1 aromatic heterocycles. The largest absolute Gasteiger partial charge is 0.378 e. The van der Waals surface area contributed by atoms with Crippen LogP contribution in [0.15, 0.2) is 18.2 Å². The fourth-order valence-electron chi connectivity index (χ4n) is 2.46. The summed E-state index contributed by atoms with van der Waals surface area (Å²) in [5.74, 6) is 1.12. The summed E-state index contributed by atoms with van der Waals surface area (Å²) in [7, 11) is 0. The molecule has 0 atom stereocenters. The molecule has 1 aromatic rings. The van der Waals surface area contributed by atoms with Gasteiger partial charge in [-0.05, 0) is 19.1 Å². The predicted octanol–water partition coefficient (Wildman–Crippen LogP) is 0.911. The average molecular weight is 233 g/mol. The second kappa shape index (κ2) is 4.63. The molecule has 2 fully saturated rings. The highest BCUT2D eigenvalue weighted by Gasteiger charge is 2.28. The third-order valence-electron chi connectivity index (χ3n) is 3.65. The smallest absolute Gasteiger partial charge is 0.128 e.